The van der Waals surface area contributed by atoms with Crippen LogP contribution < -0.4 is 10.5 Å². The van der Waals surface area contributed by atoms with E-state index in [9.17, 15) is 0 Å². The fourth-order valence-electron chi connectivity index (χ4n) is 2.14. The van der Waals surface area contributed by atoms with Gasteiger partial charge in [-0.25, -0.2) is 0 Å². The van der Waals surface area contributed by atoms with Crippen LogP contribution in [0.4, 0.5) is 0 Å². The summed E-state index contributed by atoms with van der Waals surface area (Å²) in [6, 6.07) is 7.96. The Balaban J connectivity index is 1.93. The predicted octanol–water partition coefficient (Wildman–Crippen LogP) is 1.06. The summed E-state index contributed by atoms with van der Waals surface area (Å²) in [5, 5.41) is 11.7. The maximum absolute atomic E-state index is 8.66. The van der Waals surface area contributed by atoms with Crippen molar-refractivity contribution >= 4 is 5.84 Å². The minimum atomic E-state index is -0.109. The van der Waals surface area contributed by atoms with Gasteiger partial charge in [0.25, 0.3) is 0 Å². The van der Waals surface area contributed by atoms with Crippen LogP contribution in [-0.4, -0.2) is 41.7 Å². The van der Waals surface area contributed by atoms with Gasteiger partial charge < -0.3 is 15.7 Å². The molecule has 1 aromatic carbocycles. The van der Waals surface area contributed by atoms with Gasteiger partial charge >= 0.3 is 0 Å². The number of fused-ring (bicyclic) bond motifs is 1. The third-order valence-corrected chi connectivity index (χ3v) is 3.41. The average Bonchev–Trinajstić information content (AvgIpc) is 2.78. The summed E-state index contributed by atoms with van der Waals surface area (Å²) in [5.74, 6) is 1.18. The molecule has 0 amide bonds. The van der Waals surface area contributed by atoms with Gasteiger partial charge in [0.1, 0.15) is 11.9 Å². The van der Waals surface area contributed by atoms with E-state index in [0.717, 1.165) is 18.7 Å². The lowest BCUT2D eigenvalue weighted by Crippen LogP contribution is -2.44. The molecule has 2 atom stereocenters. The highest BCUT2D eigenvalue weighted by atomic mass is 16.5. The molecule has 0 fully saturated rings. The third-order valence-electron chi connectivity index (χ3n) is 3.41. The summed E-state index contributed by atoms with van der Waals surface area (Å²) in [5.41, 5.74) is 6.84. The molecule has 1 aliphatic rings. The lowest BCUT2D eigenvalue weighted by molar-refractivity contribution is 0.159. The second kappa shape index (κ2) is 5.27. The summed E-state index contributed by atoms with van der Waals surface area (Å²) in [6.07, 6.45) is 1.03. The van der Waals surface area contributed by atoms with E-state index in [-0.39, 0.29) is 18.0 Å². The number of amidine groups is 1. The molecule has 3 N–H and O–H groups in total. The summed E-state index contributed by atoms with van der Waals surface area (Å²) >= 11 is 0. The Bertz CT molecular complexity index is 423. The molecule has 98 valence electrons. The number of para-hydroxylation sites is 1. The van der Waals surface area contributed by atoms with E-state index in [1.54, 1.807) is 0 Å². The molecule has 5 heteroatoms. The van der Waals surface area contributed by atoms with Gasteiger partial charge in [-0.15, -0.1) is 0 Å². The first-order chi connectivity index (χ1) is 8.61. The van der Waals surface area contributed by atoms with Gasteiger partial charge in [-0.05, 0) is 25.6 Å². The lowest BCUT2D eigenvalue weighted by atomic mass is 10.1. The number of nitrogens with two attached hydrogens (primary N) is 1. The SMILES string of the molecule is CC(C(N)=NO)N(C)CC1Cc2ccccc2O1. The molecule has 0 saturated carbocycles. The van der Waals surface area contributed by atoms with Crippen molar-refractivity contribution in [1.82, 2.24) is 4.90 Å². The molecule has 1 aromatic rings. The molecule has 2 rings (SSSR count). The van der Waals surface area contributed by atoms with E-state index in [0.29, 0.717) is 0 Å². The van der Waals surface area contributed by atoms with Crippen LogP contribution in [0.3, 0.4) is 0 Å². The smallest absolute Gasteiger partial charge is 0.156 e. The van der Waals surface area contributed by atoms with Crippen LogP contribution >= 0.6 is 0 Å². The highest BCUT2D eigenvalue weighted by molar-refractivity contribution is 5.84. The average molecular weight is 249 g/mol. The normalized spacial score (nSPS) is 20.6. The minimum absolute atomic E-state index is 0.109. The van der Waals surface area contributed by atoms with E-state index in [1.165, 1.54) is 5.56 Å². The van der Waals surface area contributed by atoms with Crippen LogP contribution in [0.25, 0.3) is 0 Å². The lowest BCUT2D eigenvalue weighted by Gasteiger charge is -2.26. The first-order valence-corrected chi connectivity index (χ1v) is 6.04. The van der Waals surface area contributed by atoms with Crippen LogP contribution in [0.5, 0.6) is 5.75 Å². The van der Waals surface area contributed by atoms with E-state index >= 15 is 0 Å². The fourth-order valence-corrected chi connectivity index (χ4v) is 2.14. The minimum Gasteiger partial charge on any atom is -0.488 e. The van der Waals surface area contributed by atoms with E-state index in [4.69, 9.17) is 15.7 Å². The number of rotatable bonds is 4. The zero-order valence-electron chi connectivity index (χ0n) is 10.7. The summed E-state index contributed by atoms with van der Waals surface area (Å²) < 4.78 is 5.86. The molecular formula is C13H19N3O2. The van der Waals surface area contributed by atoms with Crippen LogP contribution in [0.1, 0.15) is 12.5 Å². The Morgan fingerprint density at radius 2 is 2.33 bits per heavy atom. The van der Waals surface area contributed by atoms with Gasteiger partial charge in [0.05, 0.1) is 6.04 Å². The Morgan fingerprint density at radius 1 is 1.61 bits per heavy atom. The van der Waals surface area contributed by atoms with Crippen molar-refractivity contribution in [3.8, 4) is 5.75 Å². The molecular weight excluding hydrogens is 230 g/mol. The van der Waals surface area contributed by atoms with Gasteiger partial charge in [-0.3, -0.25) is 4.90 Å². The van der Waals surface area contributed by atoms with Crippen molar-refractivity contribution in [2.45, 2.75) is 25.5 Å². The Kier molecular flexibility index (Phi) is 3.72. The Hall–Kier alpha value is -1.75. The van der Waals surface area contributed by atoms with Crippen molar-refractivity contribution in [1.29, 1.82) is 0 Å². The zero-order valence-corrected chi connectivity index (χ0v) is 10.7. The molecule has 2 unspecified atom stereocenters. The van der Waals surface area contributed by atoms with E-state index in [1.807, 2.05) is 37.1 Å². The molecule has 18 heavy (non-hydrogen) atoms. The quantitative estimate of drug-likeness (QED) is 0.362. The van der Waals surface area contributed by atoms with Crippen molar-refractivity contribution < 1.29 is 9.94 Å². The standard InChI is InChI=1S/C13H19N3O2/c1-9(13(14)15-17)16(2)8-11-7-10-5-3-4-6-12(10)18-11/h3-6,9,11,17H,7-8H2,1-2H3,(H2,14,15). The van der Waals surface area contributed by atoms with Gasteiger partial charge in [0.15, 0.2) is 5.84 Å². The van der Waals surface area contributed by atoms with Gasteiger partial charge in [-0.2, -0.15) is 0 Å². The fraction of sp³-hybridized carbons (Fsp3) is 0.462. The number of hydrogen-bond donors (Lipinski definition) is 2. The first-order valence-electron chi connectivity index (χ1n) is 6.04. The van der Waals surface area contributed by atoms with Gasteiger partial charge in [-0.1, -0.05) is 23.4 Å². The summed E-state index contributed by atoms with van der Waals surface area (Å²) in [6.45, 7) is 2.64. The molecule has 0 bridgehead atoms. The number of benzene rings is 1. The maximum Gasteiger partial charge on any atom is 0.156 e. The van der Waals surface area contributed by atoms with Crippen LogP contribution in [0.15, 0.2) is 29.4 Å². The van der Waals surface area contributed by atoms with Gasteiger partial charge in [0.2, 0.25) is 0 Å². The number of ether oxygens (including phenoxy) is 1. The van der Waals surface area contributed by atoms with Crippen LogP contribution in [-0.2, 0) is 6.42 Å². The van der Waals surface area contributed by atoms with Crippen molar-refractivity contribution in [3.63, 3.8) is 0 Å². The highest BCUT2D eigenvalue weighted by Crippen LogP contribution is 2.28. The first kappa shape index (κ1) is 12.7. The number of oxime groups is 1. The molecule has 0 spiro atoms. The number of likely N-dealkylation sites (N-methyl/N-ethyl adjacent to an activating group) is 1. The van der Waals surface area contributed by atoms with Crippen molar-refractivity contribution in [3.05, 3.63) is 29.8 Å². The molecule has 0 radical (unpaired) electrons. The topological polar surface area (TPSA) is 71.1 Å². The third kappa shape index (κ3) is 2.56. The van der Waals surface area contributed by atoms with E-state index < -0.39 is 0 Å². The molecule has 5 nitrogen and oxygen atoms in total. The number of nitrogens with zero attached hydrogens (tertiary/aromatic N) is 2. The maximum atomic E-state index is 8.66. The Labute approximate surface area is 107 Å². The molecule has 0 saturated heterocycles. The Morgan fingerprint density at radius 3 is 3.00 bits per heavy atom. The van der Waals surface area contributed by atoms with Crippen LogP contribution in [0.2, 0.25) is 0 Å². The molecule has 1 aliphatic heterocycles. The molecule has 1 heterocycles. The molecule has 0 aliphatic carbocycles. The largest absolute Gasteiger partial charge is 0.488 e. The van der Waals surface area contributed by atoms with Gasteiger partial charge in [0, 0.05) is 13.0 Å². The van der Waals surface area contributed by atoms with Crippen molar-refractivity contribution in [2.75, 3.05) is 13.6 Å². The van der Waals surface area contributed by atoms with Crippen LogP contribution in [0, 0.1) is 0 Å². The number of hydrogen-bond acceptors (Lipinski definition) is 4. The summed E-state index contributed by atoms with van der Waals surface area (Å²) in [7, 11) is 1.94. The second-order valence-electron chi connectivity index (χ2n) is 4.69. The molecule has 0 aromatic heterocycles. The predicted molar refractivity (Wildman–Crippen MR) is 70.1 cm³/mol. The monoisotopic (exact) mass is 249 g/mol. The summed E-state index contributed by atoms with van der Waals surface area (Å²) in [4.78, 5) is 2.02. The highest BCUT2D eigenvalue weighted by Gasteiger charge is 2.25. The van der Waals surface area contributed by atoms with E-state index in [2.05, 4.69) is 11.2 Å². The van der Waals surface area contributed by atoms with Crippen molar-refractivity contribution in [2.24, 2.45) is 10.9 Å². The second-order valence-corrected chi connectivity index (χ2v) is 4.69. The zero-order chi connectivity index (χ0) is 13.1.